The minimum absolute atomic E-state index is 0.386. The summed E-state index contributed by atoms with van der Waals surface area (Å²) in [6.45, 7) is 11.1. The monoisotopic (exact) mass is 377 g/mol. The Labute approximate surface area is 170 Å². The van der Waals surface area contributed by atoms with E-state index in [0.29, 0.717) is 11.3 Å². The van der Waals surface area contributed by atoms with E-state index in [1.807, 2.05) is 0 Å². The summed E-state index contributed by atoms with van der Waals surface area (Å²) in [7, 11) is 0. The fraction of sp³-hybridized carbons (Fsp3) is 0.538. The van der Waals surface area contributed by atoms with Gasteiger partial charge < -0.3 is 9.64 Å². The van der Waals surface area contributed by atoms with Gasteiger partial charge in [0.25, 0.3) is 0 Å². The molecule has 2 atom stereocenters. The van der Waals surface area contributed by atoms with Crippen LogP contribution in [0, 0.1) is 25.7 Å². The first-order valence-corrected chi connectivity index (χ1v) is 11.0. The number of aryl methyl sites for hydroxylation is 2. The second kappa shape index (κ2) is 8.29. The zero-order chi connectivity index (χ0) is 19.6. The third kappa shape index (κ3) is 4.27. The molecule has 0 spiro atoms. The summed E-state index contributed by atoms with van der Waals surface area (Å²) in [4.78, 5) is 2.72. The molecule has 0 N–H and O–H groups in total. The molecule has 2 heteroatoms. The first kappa shape index (κ1) is 19.5. The zero-order valence-corrected chi connectivity index (χ0v) is 17.8. The third-order valence-electron chi connectivity index (χ3n) is 7.18. The topological polar surface area (TPSA) is 12.5 Å². The summed E-state index contributed by atoms with van der Waals surface area (Å²) in [5, 5.41) is 0. The van der Waals surface area contributed by atoms with Crippen molar-refractivity contribution in [2.24, 2.45) is 11.8 Å². The van der Waals surface area contributed by atoms with Crippen molar-refractivity contribution >= 4 is 0 Å². The van der Waals surface area contributed by atoms with Gasteiger partial charge >= 0.3 is 0 Å². The van der Waals surface area contributed by atoms with Gasteiger partial charge in [0.2, 0.25) is 0 Å². The van der Waals surface area contributed by atoms with E-state index in [1.165, 1.54) is 56.4 Å². The van der Waals surface area contributed by atoms with Crippen LogP contribution in [-0.4, -0.2) is 31.1 Å². The Morgan fingerprint density at radius 1 is 0.964 bits per heavy atom. The van der Waals surface area contributed by atoms with Crippen molar-refractivity contribution in [1.29, 1.82) is 0 Å². The van der Waals surface area contributed by atoms with E-state index in [0.717, 1.165) is 18.3 Å². The van der Waals surface area contributed by atoms with Gasteiger partial charge in [0.15, 0.2) is 0 Å². The molecular formula is C26H35NO. The number of hydrogen-bond acceptors (Lipinski definition) is 2. The SMILES string of the molecule is Cc1ccc(OCC2CN(CC3(c4ccc(C)cc4)CCC3)CCC2C)cc1. The predicted molar refractivity (Wildman–Crippen MR) is 117 cm³/mol. The molecule has 2 aromatic carbocycles. The summed E-state index contributed by atoms with van der Waals surface area (Å²) in [6.07, 6.45) is 5.34. The number of rotatable bonds is 6. The van der Waals surface area contributed by atoms with Crippen molar-refractivity contribution in [3.63, 3.8) is 0 Å². The van der Waals surface area contributed by atoms with Crippen molar-refractivity contribution in [2.45, 2.75) is 51.9 Å². The molecule has 150 valence electrons. The number of piperidine rings is 1. The van der Waals surface area contributed by atoms with E-state index in [-0.39, 0.29) is 0 Å². The average molecular weight is 378 g/mol. The molecule has 2 aliphatic rings. The Morgan fingerprint density at radius 2 is 1.61 bits per heavy atom. The number of nitrogens with zero attached hydrogens (tertiary/aromatic N) is 1. The molecule has 1 aliphatic heterocycles. The minimum atomic E-state index is 0.386. The first-order valence-electron chi connectivity index (χ1n) is 11.0. The Morgan fingerprint density at radius 3 is 2.21 bits per heavy atom. The van der Waals surface area contributed by atoms with Crippen LogP contribution in [0.1, 0.15) is 49.3 Å². The highest BCUT2D eigenvalue weighted by Crippen LogP contribution is 2.45. The van der Waals surface area contributed by atoms with Gasteiger partial charge in [-0.3, -0.25) is 0 Å². The van der Waals surface area contributed by atoms with Gasteiger partial charge in [0.05, 0.1) is 6.61 Å². The molecular weight excluding hydrogens is 342 g/mol. The number of likely N-dealkylation sites (tertiary alicyclic amines) is 1. The van der Waals surface area contributed by atoms with Gasteiger partial charge in [-0.15, -0.1) is 0 Å². The fourth-order valence-electron chi connectivity index (χ4n) is 4.90. The largest absolute Gasteiger partial charge is 0.493 e. The molecule has 1 saturated heterocycles. The molecule has 2 fully saturated rings. The van der Waals surface area contributed by atoms with E-state index in [4.69, 9.17) is 4.74 Å². The molecule has 28 heavy (non-hydrogen) atoms. The van der Waals surface area contributed by atoms with Gasteiger partial charge in [-0.1, -0.05) is 60.9 Å². The van der Waals surface area contributed by atoms with Crippen LogP contribution in [0.25, 0.3) is 0 Å². The lowest BCUT2D eigenvalue weighted by Crippen LogP contribution is -2.50. The lowest BCUT2D eigenvalue weighted by molar-refractivity contribution is 0.0544. The molecule has 2 aromatic rings. The Bertz CT molecular complexity index is 760. The van der Waals surface area contributed by atoms with E-state index in [1.54, 1.807) is 5.56 Å². The van der Waals surface area contributed by atoms with Crippen LogP contribution in [-0.2, 0) is 5.41 Å². The lowest BCUT2D eigenvalue weighted by atomic mass is 9.64. The number of hydrogen-bond donors (Lipinski definition) is 0. The predicted octanol–water partition coefficient (Wildman–Crippen LogP) is 5.76. The second-order valence-corrected chi connectivity index (χ2v) is 9.39. The van der Waals surface area contributed by atoms with Crippen molar-refractivity contribution in [3.05, 3.63) is 65.2 Å². The molecule has 0 amide bonds. The Hall–Kier alpha value is -1.80. The maximum Gasteiger partial charge on any atom is 0.119 e. The van der Waals surface area contributed by atoms with Crippen LogP contribution < -0.4 is 4.74 Å². The minimum Gasteiger partial charge on any atom is -0.493 e. The van der Waals surface area contributed by atoms with Crippen LogP contribution >= 0.6 is 0 Å². The average Bonchev–Trinajstić information content (AvgIpc) is 2.67. The molecule has 2 nitrogen and oxygen atoms in total. The first-order chi connectivity index (χ1) is 13.5. The highest BCUT2D eigenvalue weighted by Gasteiger charge is 2.41. The maximum absolute atomic E-state index is 6.16. The zero-order valence-electron chi connectivity index (χ0n) is 17.8. The Balaban J connectivity index is 1.38. The molecule has 2 unspecified atom stereocenters. The summed E-state index contributed by atoms with van der Waals surface area (Å²) in [5.41, 5.74) is 4.58. The van der Waals surface area contributed by atoms with Crippen LogP contribution in [0.15, 0.2) is 48.5 Å². The molecule has 1 saturated carbocycles. The molecule has 4 rings (SSSR count). The van der Waals surface area contributed by atoms with Crippen molar-refractivity contribution < 1.29 is 4.74 Å². The maximum atomic E-state index is 6.16. The lowest BCUT2D eigenvalue weighted by Gasteiger charge is -2.48. The summed E-state index contributed by atoms with van der Waals surface area (Å²) in [6, 6.07) is 17.8. The van der Waals surface area contributed by atoms with E-state index in [9.17, 15) is 0 Å². The summed E-state index contributed by atoms with van der Waals surface area (Å²) < 4.78 is 6.16. The number of benzene rings is 2. The quantitative estimate of drug-likeness (QED) is 0.634. The van der Waals surface area contributed by atoms with Gasteiger partial charge in [0.1, 0.15) is 5.75 Å². The van der Waals surface area contributed by atoms with Crippen molar-refractivity contribution in [1.82, 2.24) is 4.90 Å². The molecule has 1 aliphatic carbocycles. The molecule has 0 aromatic heterocycles. The van der Waals surface area contributed by atoms with E-state index in [2.05, 4.69) is 74.2 Å². The number of ether oxygens (including phenoxy) is 1. The third-order valence-corrected chi connectivity index (χ3v) is 7.18. The standard InChI is InChI=1S/C26H35NO/c1-20-5-9-24(10-6-20)26(14-4-15-26)19-27-16-13-22(3)23(17-27)18-28-25-11-7-21(2)8-12-25/h5-12,22-23H,4,13-19H2,1-3H3. The van der Waals surface area contributed by atoms with Crippen molar-refractivity contribution in [3.8, 4) is 5.75 Å². The fourth-order valence-corrected chi connectivity index (χ4v) is 4.90. The van der Waals surface area contributed by atoms with Crippen LogP contribution in [0.4, 0.5) is 0 Å². The highest BCUT2D eigenvalue weighted by molar-refractivity contribution is 5.31. The summed E-state index contributed by atoms with van der Waals surface area (Å²) >= 11 is 0. The van der Waals surface area contributed by atoms with Gasteiger partial charge in [-0.05, 0) is 63.3 Å². The summed E-state index contributed by atoms with van der Waals surface area (Å²) in [5.74, 6) is 2.36. The smallest absolute Gasteiger partial charge is 0.119 e. The van der Waals surface area contributed by atoms with Gasteiger partial charge in [-0.2, -0.15) is 0 Å². The van der Waals surface area contributed by atoms with Crippen LogP contribution in [0.5, 0.6) is 5.75 Å². The van der Waals surface area contributed by atoms with E-state index >= 15 is 0 Å². The van der Waals surface area contributed by atoms with Crippen LogP contribution in [0.2, 0.25) is 0 Å². The Kier molecular flexibility index (Phi) is 5.78. The van der Waals surface area contributed by atoms with Gasteiger partial charge in [0, 0.05) is 24.4 Å². The van der Waals surface area contributed by atoms with Gasteiger partial charge in [-0.25, -0.2) is 0 Å². The van der Waals surface area contributed by atoms with Crippen molar-refractivity contribution in [2.75, 3.05) is 26.2 Å². The molecule has 0 bridgehead atoms. The molecule has 0 radical (unpaired) electrons. The highest BCUT2D eigenvalue weighted by atomic mass is 16.5. The van der Waals surface area contributed by atoms with Crippen LogP contribution in [0.3, 0.4) is 0 Å². The normalized spacial score (nSPS) is 24.5. The second-order valence-electron chi connectivity index (χ2n) is 9.39. The van der Waals surface area contributed by atoms with E-state index < -0.39 is 0 Å². The molecule has 1 heterocycles.